The van der Waals surface area contributed by atoms with Gasteiger partial charge in [-0.15, -0.1) is 0 Å². The van der Waals surface area contributed by atoms with Crippen molar-refractivity contribution in [1.82, 2.24) is 20.2 Å². The van der Waals surface area contributed by atoms with Gasteiger partial charge < -0.3 is 10.2 Å². The van der Waals surface area contributed by atoms with Crippen LogP contribution in [0.3, 0.4) is 0 Å². The molecule has 33 heavy (non-hydrogen) atoms. The van der Waals surface area contributed by atoms with Crippen LogP contribution in [0.2, 0.25) is 5.02 Å². The first-order chi connectivity index (χ1) is 16.1. The topological polar surface area (TPSA) is 70.5 Å². The Kier molecular flexibility index (Phi) is 6.63. The van der Waals surface area contributed by atoms with E-state index in [0.29, 0.717) is 11.7 Å². The number of carbonyl (C=O) groups is 1. The molecule has 1 saturated heterocycles. The minimum absolute atomic E-state index is 0.0604. The van der Waals surface area contributed by atoms with Gasteiger partial charge in [0.15, 0.2) is 11.7 Å². The molecule has 1 amide bonds. The molecule has 2 aliphatic carbocycles. The van der Waals surface area contributed by atoms with Crippen molar-refractivity contribution in [1.29, 1.82) is 0 Å². The maximum absolute atomic E-state index is 13.0. The van der Waals surface area contributed by atoms with Gasteiger partial charge in [-0.25, -0.2) is 15.0 Å². The molecule has 174 valence electrons. The molecule has 2 heterocycles. The van der Waals surface area contributed by atoms with Gasteiger partial charge in [-0.3, -0.25) is 4.79 Å². The number of aromatic nitrogens is 2. The van der Waals surface area contributed by atoms with Gasteiger partial charge >= 0.3 is 0 Å². The number of nitrogens with zero attached hydrogens (tertiary/aromatic N) is 4. The second kappa shape index (κ2) is 9.80. The quantitative estimate of drug-likeness (QED) is 0.466. The Morgan fingerprint density at radius 3 is 2.45 bits per heavy atom. The number of rotatable bonds is 8. The summed E-state index contributed by atoms with van der Waals surface area (Å²) in [7, 11) is 0. The lowest BCUT2D eigenvalue weighted by atomic mass is 9.90. The molecule has 0 atom stereocenters. The minimum atomic E-state index is -0.646. The molecule has 0 unspecified atom stereocenters. The third-order valence-electron chi connectivity index (χ3n) is 7.15. The number of benzene rings is 1. The van der Waals surface area contributed by atoms with Crippen LogP contribution < -0.4 is 5.32 Å². The van der Waals surface area contributed by atoms with Crippen molar-refractivity contribution in [2.24, 2.45) is 16.8 Å². The third kappa shape index (κ3) is 5.55. The normalized spacial score (nSPS) is 20.5. The SMILES string of the molecule is O=C(NCCC1CC1)C1(N=C(c2ncccn2)N2CCC(Cc3ccccc3Cl)CC2)CC1. The number of halogens is 1. The molecule has 0 radical (unpaired) electrons. The Hall–Kier alpha value is -2.47. The Bertz CT molecular complexity index is 995. The van der Waals surface area contributed by atoms with Gasteiger partial charge in [0, 0.05) is 37.1 Å². The molecule has 3 fully saturated rings. The third-order valence-corrected chi connectivity index (χ3v) is 7.52. The van der Waals surface area contributed by atoms with E-state index in [1.165, 1.54) is 18.4 Å². The number of carbonyl (C=O) groups excluding carboxylic acids is 1. The zero-order chi connectivity index (χ0) is 22.7. The maximum Gasteiger partial charge on any atom is 0.248 e. The van der Waals surface area contributed by atoms with Crippen molar-refractivity contribution < 1.29 is 4.79 Å². The Morgan fingerprint density at radius 2 is 1.79 bits per heavy atom. The van der Waals surface area contributed by atoms with Crippen LogP contribution in [0.1, 0.15) is 56.3 Å². The smallest absolute Gasteiger partial charge is 0.248 e. The van der Waals surface area contributed by atoms with Gasteiger partial charge in [-0.05, 0) is 68.1 Å². The number of piperidine rings is 1. The molecule has 3 aliphatic rings. The molecule has 7 heteroatoms. The van der Waals surface area contributed by atoms with E-state index in [0.717, 1.165) is 74.9 Å². The number of hydrogen-bond donors (Lipinski definition) is 1. The van der Waals surface area contributed by atoms with Gasteiger partial charge in [-0.2, -0.15) is 0 Å². The molecule has 5 rings (SSSR count). The summed E-state index contributed by atoms with van der Waals surface area (Å²) in [4.78, 5) is 29.3. The van der Waals surface area contributed by atoms with Crippen molar-refractivity contribution in [3.63, 3.8) is 0 Å². The van der Waals surface area contributed by atoms with E-state index in [1.54, 1.807) is 12.4 Å². The summed E-state index contributed by atoms with van der Waals surface area (Å²) in [5.41, 5.74) is 0.574. The van der Waals surface area contributed by atoms with Crippen LogP contribution in [0.4, 0.5) is 0 Å². The fourth-order valence-electron chi connectivity index (χ4n) is 4.67. The zero-order valence-electron chi connectivity index (χ0n) is 19.0. The van der Waals surface area contributed by atoms with Crippen LogP contribution in [0.5, 0.6) is 0 Å². The summed E-state index contributed by atoms with van der Waals surface area (Å²) >= 11 is 6.38. The molecular formula is C26H32ClN5O. The summed E-state index contributed by atoms with van der Waals surface area (Å²) in [5.74, 6) is 2.83. The average molecular weight is 466 g/mol. The van der Waals surface area contributed by atoms with Crippen LogP contribution >= 0.6 is 11.6 Å². The number of likely N-dealkylation sites (tertiary alicyclic amines) is 1. The lowest BCUT2D eigenvalue weighted by Gasteiger charge is -2.34. The number of nitrogens with one attached hydrogen (secondary N) is 1. The van der Waals surface area contributed by atoms with E-state index < -0.39 is 5.54 Å². The predicted molar refractivity (Wildman–Crippen MR) is 130 cm³/mol. The number of amides is 1. The Morgan fingerprint density at radius 1 is 1.06 bits per heavy atom. The highest BCUT2D eigenvalue weighted by molar-refractivity contribution is 6.31. The van der Waals surface area contributed by atoms with E-state index in [-0.39, 0.29) is 5.91 Å². The van der Waals surface area contributed by atoms with Crippen molar-refractivity contribution in [2.45, 2.75) is 56.9 Å². The van der Waals surface area contributed by atoms with Crippen molar-refractivity contribution >= 4 is 23.3 Å². The lowest BCUT2D eigenvalue weighted by Crippen LogP contribution is -2.43. The Labute approximate surface area is 200 Å². The van der Waals surface area contributed by atoms with E-state index in [1.807, 2.05) is 18.2 Å². The predicted octanol–water partition coefficient (Wildman–Crippen LogP) is 4.28. The van der Waals surface area contributed by atoms with Gasteiger partial charge in [0.05, 0.1) is 0 Å². The molecule has 2 aromatic rings. The van der Waals surface area contributed by atoms with Crippen LogP contribution in [0.25, 0.3) is 0 Å². The molecule has 1 aromatic carbocycles. The van der Waals surface area contributed by atoms with Gasteiger partial charge in [0.1, 0.15) is 5.54 Å². The standard InChI is InChI=1S/C26H32ClN5O/c27-22-5-2-1-4-21(22)18-20-9-16-32(17-10-20)24(23-28-13-3-14-29-23)31-26(11-12-26)25(33)30-15-8-19-6-7-19/h1-5,13-14,19-20H,6-12,15-18H2,(H,30,33). The van der Waals surface area contributed by atoms with Crippen molar-refractivity contribution in [3.05, 3.63) is 59.1 Å². The average Bonchev–Trinajstić information content (AvgIpc) is 3.77. The highest BCUT2D eigenvalue weighted by Gasteiger charge is 2.51. The summed E-state index contributed by atoms with van der Waals surface area (Å²) < 4.78 is 0. The molecule has 0 spiro atoms. The fourth-order valence-corrected chi connectivity index (χ4v) is 4.89. The van der Waals surface area contributed by atoms with Crippen LogP contribution in [-0.4, -0.2) is 51.8 Å². The van der Waals surface area contributed by atoms with Crippen LogP contribution in [0.15, 0.2) is 47.7 Å². The summed E-state index contributed by atoms with van der Waals surface area (Å²) in [6.07, 6.45) is 11.9. The first-order valence-electron chi connectivity index (χ1n) is 12.3. The molecular weight excluding hydrogens is 434 g/mol. The first-order valence-corrected chi connectivity index (χ1v) is 12.6. The molecule has 6 nitrogen and oxygen atoms in total. The summed E-state index contributed by atoms with van der Waals surface area (Å²) in [6.45, 7) is 2.52. The second-order valence-corrected chi connectivity index (χ2v) is 10.2. The Balaban J connectivity index is 1.27. The molecule has 1 aliphatic heterocycles. The van der Waals surface area contributed by atoms with Crippen LogP contribution in [-0.2, 0) is 11.2 Å². The number of hydrogen-bond acceptors (Lipinski definition) is 4. The second-order valence-electron chi connectivity index (χ2n) is 9.75. The van der Waals surface area contributed by atoms with E-state index in [4.69, 9.17) is 16.6 Å². The first kappa shape index (κ1) is 22.3. The maximum atomic E-state index is 13.0. The van der Waals surface area contributed by atoms with Crippen molar-refractivity contribution in [3.8, 4) is 0 Å². The largest absolute Gasteiger partial charge is 0.354 e. The lowest BCUT2D eigenvalue weighted by molar-refractivity contribution is -0.123. The molecule has 2 saturated carbocycles. The summed E-state index contributed by atoms with van der Waals surface area (Å²) in [5, 5.41) is 3.99. The number of amidine groups is 1. The van der Waals surface area contributed by atoms with Gasteiger partial charge in [0.2, 0.25) is 5.91 Å². The number of aliphatic imine (C=N–C) groups is 1. The minimum Gasteiger partial charge on any atom is -0.354 e. The monoisotopic (exact) mass is 465 g/mol. The summed E-state index contributed by atoms with van der Waals surface area (Å²) in [6, 6.07) is 9.94. The van der Waals surface area contributed by atoms with E-state index in [2.05, 4.69) is 32.3 Å². The van der Waals surface area contributed by atoms with Crippen LogP contribution in [0, 0.1) is 11.8 Å². The van der Waals surface area contributed by atoms with Crippen molar-refractivity contribution in [2.75, 3.05) is 19.6 Å². The van der Waals surface area contributed by atoms with E-state index >= 15 is 0 Å². The van der Waals surface area contributed by atoms with Gasteiger partial charge in [-0.1, -0.05) is 42.6 Å². The fraction of sp³-hybridized carbons (Fsp3) is 0.538. The highest BCUT2D eigenvalue weighted by Crippen LogP contribution is 2.41. The molecule has 1 N–H and O–H groups in total. The zero-order valence-corrected chi connectivity index (χ0v) is 19.8. The molecule has 1 aromatic heterocycles. The van der Waals surface area contributed by atoms with Gasteiger partial charge in [0.25, 0.3) is 0 Å². The van der Waals surface area contributed by atoms with E-state index in [9.17, 15) is 4.79 Å². The highest BCUT2D eigenvalue weighted by atomic mass is 35.5. The molecule has 0 bridgehead atoms.